The summed E-state index contributed by atoms with van der Waals surface area (Å²) in [7, 11) is 0. The Kier molecular flexibility index (Phi) is 5.29. The van der Waals surface area contributed by atoms with Gasteiger partial charge in [0.1, 0.15) is 17.5 Å². The molecule has 4 rings (SSSR count). The minimum atomic E-state index is -0.689. The summed E-state index contributed by atoms with van der Waals surface area (Å²) in [5, 5.41) is 6.07. The van der Waals surface area contributed by atoms with Crippen molar-refractivity contribution in [3.63, 3.8) is 0 Å². The van der Waals surface area contributed by atoms with Crippen molar-refractivity contribution < 1.29 is 13.5 Å². The largest absolute Gasteiger partial charge is 0.378 e. The van der Waals surface area contributed by atoms with Crippen LogP contribution in [0.15, 0.2) is 54.7 Å². The lowest BCUT2D eigenvalue weighted by Crippen LogP contribution is -2.36. The number of ether oxygens (including phenoxy) is 1. The number of halogens is 2. The molecule has 1 fully saturated rings. The van der Waals surface area contributed by atoms with Crippen LogP contribution in [0.4, 0.5) is 37.6 Å². The van der Waals surface area contributed by atoms with Gasteiger partial charge in [-0.1, -0.05) is 12.1 Å². The molecule has 144 valence electrons. The smallest absolute Gasteiger partial charge is 0.229 e. The molecule has 2 N–H and O–H groups in total. The summed E-state index contributed by atoms with van der Waals surface area (Å²) >= 11 is 0. The van der Waals surface area contributed by atoms with Crippen LogP contribution < -0.4 is 15.5 Å². The van der Waals surface area contributed by atoms with Crippen LogP contribution in [0.3, 0.4) is 0 Å². The number of nitrogens with one attached hydrogen (secondary N) is 2. The number of morpholine rings is 1. The lowest BCUT2D eigenvalue weighted by molar-refractivity contribution is 0.123. The maximum absolute atomic E-state index is 13.9. The predicted molar refractivity (Wildman–Crippen MR) is 104 cm³/mol. The van der Waals surface area contributed by atoms with Crippen molar-refractivity contribution in [1.82, 2.24) is 9.97 Å². The van der Waals surface area contributed by atoms with Gasteiger partial charge in [-0.2, -0.15) is 4.98 Å². The Bertz CT molecular complexity index is 963. The topological polar surface area (TPSA) is 62.3 Å². The van der Waals surface area contributed by atoms with Gasteiger partial charge in [-0.15, -0.1) is 0 Å². The van der Waals surface area contributed by atoms with Crippen LogP contribution >= 0.6 is 0 Å². The highest BCUT2D eigenvalue weighted by atomic mass is 19.1. The van der Waals surface area contributed by atoms with Crippen LogP contribution in [-0.4, -0.2) is 36.3 Å². The van der Waals surface area contributed by atoms with E-state index in [2.05, 4.69) is 25.5 Å². The van der Waals surface area contributed by atoms with Crippen LogP contribution in [0.1, 0.15) is 0 Å². The molecule has 0 amide bonds. The summed E-state index contributed by atoms with van der Waals surface area (Å²) < 4.78 is 32.4. The Hall–Kier alpha value is -3.26. The third kappa shape index (κ3) is 4.17. The molecular formula is C20H19F2N5O. The normalized spacial score (nSPS) is 14.0. The Morgan fingerprint density at radius 3 is 2.57 bits per heavy atom. The van der Waals surface area contributed by atoms with Crippen molar-refractivity contribution in [1.29, 1.82) is 0 Å². The number of hydrogen-bond acceptors (Lipinski definition) is 6. The van der Waals surface area contributed by atoms with Crippen LogP contribution in [0.5, 0.6) is 0 Å². The zero-order valence-electron chi connectivity index (χ0n) is 15.0. The molecule has 0 spiro atoms. The van der Waals surface area contributed by atoms with Gasteiger partial charge < -0.3 is 20.3 Å². The summed E-state index contributed by atoms with van der Waals surface area (Å²) in [6.45, 7) is 3.00. The first-order chi connectivity index (χ1) is 13.7. The van der Waals surface area contributed by atoms with Crippen molar-refractivity contribution in [3.8, 4) is 0 Å². The SMILES string of the molecule is Fc1ccc(Nc2ccnc(Nc3ccccc3N3CCOCC3)n2)c(F)c1. The molecule has 2 aromatic carbocycles. The fraction of sp³-hybridized carbons (Fsp3) is 0.200. The van der Waals surface area contributed by atoms with E-state index in [0.29, 0.717) is 25.0 Å². The molecule has 2 heterocycles. The molecule has 3 aromatic rings. The van der Waals surface area contributed by atoms with E-state index in [4.69, 9.17) is 4.74 Å². The Morgan fingerprint density at radius 2 is 1.75 bits per heavy atom. The minimum absolute atomic E-state index is 0.139. The zero-order valence-corrected chi connectivity index (χ0v) is 15.0. The maximum Gasteiger partial charge on any atom is 0.229 e. The average Bonchev–Trinajstić information content (AvgIpc) is 2.72. The van der Waals surface area contributed by atoms with E-state index in [-0.39, 0.29) is 5.69 Å². The van der Waals surface area contributed by atoms with Crippen LogP contribution in [0, 0.1) is 11.6 Å². The third-order valence-corrected chi connectivity index (χ3v) is 4.35. The second kappa shape index (κ2) is 8.18. The van der Waals surface area contributed by atoms with Crippen molar-refractivity contribution in [3.05, 3.63) is 66.4 Å². The van der Waals surface area contributed by atoms with Gasteiger partial charge in [-0.05, 0) is 30.3 Å². The minimum Gasteiger partial charge on any atom is -0.378 e. The Balaban J connectivity index is 1.54. The number of para-hydroxylation sites is 2. The fourth-order valence-electron chi connectivity index (χ4n) is 3.00. The van der Waals surface area contributed by atoms with Crippen LogP contribution in [-0.2, 0) is 4.74 Å². The highest BCUT2D eigenvalue weighted by Crippen LogP contribution is 2.28. The summed E-state index contributed by atoms with van der Waals surface area (Å²) in [5.41, 5.74) is 2.05. The summed E-state index contributed by atoms with van der Waals surface area (Å²) in [6.07, 6.45) is 1.57. The van der Waals surface area contributed by atoms with E-state index in [1.165, 1.54) is 12.1 Å². The first kappa shape index (κ1) is 18.1. The van der Waals surface area contributed by atoms with Gasteiger partial charge in [0.15, 0.2) is 0 Å². The van der Waals surface area contributed by atoms with Gasteiger partial charge >= 0.3 is 0 Å². The molecule has 1 aliphatic heterocycles. The van der Waals surface area contributed by atoms with Crippen molar-refractivity contribution in [2.45, 2.75) is 0 Å². The second-order valence-corrected chi connectivity index (χ2v) is 6.26. The quantitative estimate of drug-likeness (QED) is 0.692. The number of aromatic nitrogens is 2. The van der Waals surface area contributed by atoms with E-state index >= 15 is 0 Å². The second-order valence-electron chi connectivity index (χ2n) is 6.26. The molecule has 0 bridgehead atoms. The van der Waals surface area contributed by atoms with Gasteiger partial charge in [0.2, 0.25) is 5.95 Å². The molecule has 6 nitrogen and oxygen atoms in total. The van der Waals surface area contributed by atoms with Crippen molar-refractivity contribution >= 4 is 28.8 Å². The first-order valence-corrected chi connectivity index (χ1v) is 8.93. The highest BCUT2D eigenvalue weighted by molar-refractivity contribution is 5.74. The molecule has 0 unspecified atom stereocenters. The van der Waals surface area contributed by atoms with Crippen LogP contribution in [0.2, 0.25) is 0 Å². The molecule has 1 aliphatic rings. The Labute approximate surface area is 161 Å². The Morgan fingerprint density at radius 1 is 0.929 bits per heavy atom. The first-order valence-electron chi connectivity index (χ1n) is 8.93. The molecular weight excluding hydrogens is 364 g/mol. The fourth-order valence-corrected chi connectivity index (χ4v) is 3.00. The average molecular weight is 383 g/mol. The lowest BCUT2D eigenvalue weighted by atomic mass is 10.2. The van der Waals surface area contributed by atoms with E-state index in [0.717, 1.165) is 30.5 Å². The molecule has 1 aromatic heterocycles. The third-order valence-electron chi connectivity index (χ3n) is 4.35. The number of nitrogens with zero attached hydrogens (tertiary/aromatic N) is 3. The van der Waals surface area contributed by atoms with Crippen molar-refractivity contribution in [2.24, 2.45) is 0 Å². The monoisotopic (exact) mass is 383 g/mol. The predicted octanol–water partition coefficient (Wildman–Crippen LogP) is 4.08. The summed E-state index contributed by atoms with van der Waals surface area (Å²) in [4.78, 5) is 10.9. The highest BCUT2D eigenvalue weighted by Gasteiger charge is 2.15. The summed E-state index contributed by atoms with van der Waals surface area (Å²) in [5.74, 6) is -0.557. The van der Waals surface area contributed by atoms with Crippen LogP contribution in [0.25, 0.3) is 0 Å². The van der Waals surface area contributed by atoms with Gasteiger partial charge in [0.25, 0.3) is 0 Å². The number of benzene rings is 2. The molecule has 28 heavy (non-hydrogen) atoms. The number of rotatable bonds is 5. The van der Waals surface area contributed by atoms with E-state index in [1.807, 2.05) is 24.3 Å². The van der Waals surface area contributed by atoms with E-state index in [1.54, 1.807) is 12.3 Å². The van der Waals surface area contributed by atoms with E-state index < -0.39 is 11.6 Å². The lowest BCUT2D eigenvalue weighted by Gasteiger charge is -2.30. The van der Waals surface area contributed by atoms with Gasteiger partial charge in [-0.3, -0.25) is 0 Å². The van der Waals surface area contributed by atoms with Gasteiger partial charge in [-0.25, -0.2) is 13.8 Å². The maximum atomic E-state index is 13.9. The molecule has 8 heteroatoms. The number of hydrogen-bond donors (Lipinski definition) is 2. The molecule has 0 radical (unpaired) electrons. The zero-order chi connectivity index (χ0) is 19.3. The molecule has 0 saturated carbocycles. The van der Waals surface area contributed by atoms with E-state index in [9.17, 15) is 8.78 Å². The standard InChI is InChI=1S/C20H19F2N5O/c21-14-5-6-16(15(22)13-14)24-19-7-8-23-20(26-19)25-17-3-1-2-4-18(17)27-9-11-28-12-10-27/h1-8,13H,9-12H2,(H2,23,24,25,26). The molecule has 0 atom stereocenters. The van der Waals surface area contributed by atoms with Gasteiger partial charge in [0, 0.05) is 25.4 Å². The molecule has 0 aliphatic carbocycles. The summed E-state index contributed by atoms with van der Waals surface area (Å²) in [6, 6.07) is 12.8. The number of anilines is 5. The van der Waals surface area contributed by atoms with Gasteiger partial charge in [0.05, 0.1) is 30.3 Å². The van der Waals surface area contributed by atoms with Crippen molar-refractivity contribution in [2.75, 3.05) is 41.8 Å². The molecule has 1 saturated heterocycles.